The van der Waals surface area contributed by atoms with Gasteiger partial charge in [-0.25, -0.2) is 0 Å². The Labute approximate surface area is 154 Å². The molecule has 0 radical (unpaired) electrons. The first-order chi connectivity index (χ1) is 9.56. The molecule has 0 spiro atoms. The maximum atomic E-state index is 11.4. The Balaban J connectivity index is 0.00000242. The monoisotopic (exact) mass is 376 g/mol. The fourth-order valence-electron chi connectivity index (χ4n) is 2.36. The summed E-state index contributed by atoms with van der Waals surface area (Å²) >= 11 is 1.55. The molecule has 7 nitrogen and oxygen atoms in total. The molecular weight excluding hydrogens is 361 g/mol. The Hall–Kier alpha value is 0.830. The number of hydrogen-bond acceptors (Lipinski definition) is 5. The van der Waals surface area contributed by atoms with Crippen LogP contribution in [0.1, 0.15) is 24.3 Å². The summed E-state index contributed by atoms with van der Waals surface area (Å²) in [7, 11) is -11.1. The zero-order valence-electron chi connectivity index (χ0n) is 11.8. The van der Waals surface area contributed by atoms with E-state index < -0.39 is 32.6 Å². The predicted octanol–water partition coefficient (Wildman–Crippen LogP) is -1.97. The first-order valence-corrected chi connectivity index (χ1v) is 10.3. The zero-order valence-corrected chi connectivity index (χ0v) is 16.4. The average Bonchev–Trinajstić information content (AvgIpc) is 2.36. The first-order valence-electron chi connectivity index (χ1n) is 6.10. The fraction of sp³-hybridized carbons (Fsp3) is 0.455. The van der Waals surface area contributed by atoms with Crippen molar-refractivity contribution in [2.45, 2.75) is 28.7 Å². The van der Waals surface area contributed by atoms with Gasteiger partial charge in [-0.1, -0.05) is 18.2 Å². The van der Waals surface area contributed by atoms with Crippen LogP contribution in [0.4, 0.5) is 0 Å². The summed E-state index contributed by atoms with van der Waals surface area (Å²) in [6, 6.07) is 7.07. The molecule has 1 aliphatic heterocycles. The van der Waals surface area contributed by atoms with E-state index in [0.29, 0.717) is 17.7 Å². The summed E-state index contributed by atoms with van der Waals surface area (Å²) in [5.41, 5.74) is 0.717. The summed E-state index contributed by atoms with van der Waals surface area (Å²) in [5, 5.41) is 6.51. The van der Waals surface area contributed by atoms with E-state index in [4.69, 9.17) is 4.89 Å². The van der Waals surface area contributed by atoms with E-state index in [0.717, 1.165) is 4.90 Å². The molecule has 1 aromatic carbocycles. The van der Waals surface area contributed by atoms with Crippen molar-refractivity contribution < 1.29 is 63.4 Å². The van der Waals surface area contributed by atoms with Crippen LogP contribution in [0.25, 0.3) is 0 Å². The van der Waals surface area contributed by atoms with E-state index in [-0.39, 0.29) is 29.6 Å². The maximum absolute atomic E-state index is 11.4. The molecule has 0 saturated carbocycles. The second kappa shape index (κ2) is 7.38. The summed E-state index contributed by atoms with van der Waals surface area (Å²) in [6.07, 6.45) is -0.296. The van der Waals surface area contributed by atoms with Gasteiger partial charge in [0.2, 0.25) is 5.08 Å². The van der Waals surface area contributed by atoms with Crippen molar-refractivity contribution >= 4 is 27.0 Å². The van der Waals surface area contributed by atoms with Crippen LogP contribution in [0.2, 0.25) is 0 Å². The number of thioether (sulfide) groups is 1. The molecule has 0 fully saturated rings. The van der Waals surface area contributed by atoms with Crippen molar-refractivity contribution in [3.05, 3.63) is 29.8 Å². The van der Waals surface area contributed by atoms with E-state index in [9.17, 15) is 28.9 Å². The normalized spacial score (nSPS) is 23.6. The molecule has 0 saturated heterocycles. The van der Waals surface area contributed by atoms with Gasteiger partial charge < -0.3 is 29.2 Å². The molecule has 4 N–H and O–H groups in total. The van der Waals surface area contributed by atoms with Crippen LogP contribution < -0.4 is 34.5 Å². The van der Waals surface area contributed by atoms with Crippen LogP contribution >= 0.6 is 27.0 Å². The molecule has 1 aromatic rings. The molecule has 3 unspecified atom stereocenters. The van der Waals surface area contributed by atoms with Gasteiger partial charge >= 0.3 is 37.2 Å². The third-order valence-corrected chi connectivity index (χ3v) is 8.39. The van der Waals surface area contributed by atoms with Gasteiger partial charge in [-0.3, -0.25) is 4.57 Å². The van der Waals surface area contributed by atoms with E-state index >= 15 is 0 Å². The summed E-state index contributed by atoms with van der Waals surface area (Å²) < 4.78 is 22.7. The minimum Gasteiger partial charge on any atom is -0.776 e. The molecule has 118 valence electrons. The van der Waals surface area contributed by atoms with Crippen LogP contribution in [0, 0.1) is 0 Å². The molecule has 0 aliphatic carbocycles. The minimum atomic E-state index is -5.65. The third-order valence-electron chi connectivity index (χ3n) is 3.52. The second-order valence-electron chi connectivity index (χ2n) is 4.91. The van der Waals surface area contributed by atoms with E-state index in [2.05, 4.69) is 0 Å². The molecule has 0 amide bonds. The van der Waals surface area contributed by atoms with Crippen molar-refractivity contribution in [3.63, 3.8) is 0 Å². The van der Waals surface area contributed by atoms with Crippen molar-refractivity contribution in [3.8, 4) is 0 Å². The van der Waals surface area contributed by atoms with E-state index in [1.165, 1.54) is 0 Å². The maximum Gasteiger partial charge on any atom is 1.00 e. The Morgan fingerprint density at radius 3 is 2.41 bits per heavy atom. The van der Waals surface area contributed by atoms with Crippen molar-refractivity contribution in [2.75, 3.05) is 5.75 Å². The largest absolute Gasteiger partial charge is 1.00 e. The van der Waals surface area contributed by atoms with Crippen LogP contribution in [0.15, 0.2) is 29.2 Å². The number of hydrogen-bond donors (Lipinski definition) is 4. The molecular formula is C11H15NaO7P2S. The van der Waals surface area contributed by atoms with Gasteiger partial charge in [0.1, 0.15) is 0 Å². The van der Waals surface area contributed by atoms with Crippen molar-refractivity contribution in [2.24, 2.45) is 0 Å². The molecule has 2 rings (SSSR count). The molecule has 0 bridgehead atoms. The predicted molar refractivity (Wildman–Crippen MR) is 76.0 cm³/mol. The second-order valence-corrected chi connectivity index (χ2v) is 10.0. The smallest absolute Gasteiger partial charge is 0.776 e. The minimum absolute atomic E-state index is 0. The Kier molecular flexibility index (Phi) is 7.00. The SMILES string of the molecule is O=P([O-])(O)C(O)(CC1CCSc2ccccc21)P(=O)(O)O.[Na+]. The number of benzene rings is 1. The fourth-order valence-corrected chi connectivity index (χ4v) is 5.78. The van der Waals surface area contributed by atoms with Crippen LogP contribution in [-0.2, 0) is 9.13 Å². The van der Waals surface area contributed by atoms with Gasteiger partial charge in [-0.05, 0) is 29.7 Å². The van der Waals surface area contributed by atoms with Gasteiger partial charge in [0.05, 0.1) is 0 Å². The first kappa shape index (κ1) is 20.9. The standard InChI is InChI=1S/C11H16O7P2S.Na/c12-11(19(13,14)15,20(16,17)18)7-8-5-6-21-10-4-2-1-3-9(8)10;/h1-4,8,12H,5-7H2,(H2,13,14,15)(H2,16,17,18);/q;+1/p-1. The molecule has 0 aromatic heterocycles. The van der Waals surface area contributed by atoms with Crippen molar-refractivity contribution in [1.29, 1.82) is 0 Å². The van der Waals surface area contributed by atoms with Crippen LogP contribution in [0.5, 0.6) is 0 Å². The van der Waals surface area contributed by atoms with Gasteiger partial charge in [-0.2, -0.15) is 0 Å². The van der Waals surface area contributed by atoms with Gasteiger partial charge in [0, 0.05) is 11.3 Å². The molecule has 1 heterocycles. The Morgan fingerprint density at radius 2 is 1.86 bits per heavy atom. The molecule has 1 aliphatic rings. The summed E-state index contributed by atoms with van der Waals surface area (Å²) in [5.74, 6) is 0.0718. The van der Waals surface area contributed by atoms with Crippen LogP contribution in [-0.4, -0.2) is 30.6 Å². The molecule has 22 heavy (non-hydrogen) atoms. The zero-order chi connectivity index (χ0) is 15.9. The van der Waals surface area contributed by atoms with Gasteiger partial charge in [0.25, 0.3) is 0 Å². The number of fused-ring (bicyclic) bond motifs is 1. The van der Waals surface area contributed by atoms with Gasteiger partial charge in [-0.15, -0.1) is 11.8 Å². The Bertz CT molecular complexity index is 607. The molecule has 3 atom stereocenters. The van der Waals surface area contributed by atoms with E-state index in [1.807, 2.05) is 6.07 Å². The van der Waals surface area contributed by atoms with Crippen LogP contribution in [0.3, 0.4) is 0 Å². The van der Waals surface area contributed by atoms with Gasteiger partial charge in [0.15, 0.2) is 7.60 Å². The summed E-state index contributed by atoms with van der Waals surface area (Å²) in [6.45, 7) is 0. The molecule has 11 heteroatoms. The average molecular weight is 376 g/mol. The third kappa shape index (κ3) is 4.08. The number of aliphatic hydroxyl groups is 1. The topological polar surface area (TPSA) is 138 Å². The van der Waals surface area contributed by atoms with E-state index in [1.54, 1.807) is 30.0 Å². The Morgan fingerprint density at radius 1 is 1.27 bits per heavy atom. The number of rotatable bonds is 4. The quantitative estimate of drug-likeness (QED) is 0.351. The summed E-state index contributed by atoms with van der Waals surface area (Å²) in [4.78, 5) is 39.6. The van der Waals surface area contributed by atoms with Crippen molar-refractivity contribution in [1.82, 2.24) is 0 Å².